The second-order valence-corrected chi connectivity index (χ2v) is 9.81. The molecular formula is C27H35N5O3. The van der Waals surface area contributed by atoms with Gasteiger partial charge in [0.05, 0.1) is 17.1 Å². The summed E-state index contributed by atoms with van der Waals surface area (Å²) < 4.78 is 0. The van der Waals surface area contributed by atoms with Crippen molar-refractivity contribution in [3.05, 3.63) is 58.9 Å². The first kappa shape index (κ1) is 24.7. The van der Waals surface area contributed by atoms with Crippen LogP contribution in [-0.4, -0.2) is 38.0 Å². The van der Waals surface area contributed by atoms with Gasteiger partial charge in [-0.3, -0.25) is 4.79 Å². The van der Waals surface area contributed by atoms with Crippen molar-refractivity contribution in [3.8, 4) is 0 Å². The maximum absolute atomic E-state index is 12.9. The number of rotatable bonds is 7. The van der Waals surface area contributed by atoms with E-state index in [2.05, 4.69) is 42.3 Å². The highest BCUT2D eigenvalue weighted by Crippen LogP contribution is 2.41. The molecule has 186 valence electrons. The van der Waals surface area contributed by atoms with Crippen LogP contribution in [-0.2, 0) is 24.2 Å². The first-order valence-corrected chi connectivity index (χ1v) is 12.4. The van der Waals surface area contributed by atoms with Gasteiger partial charge in [-0.05, 0) is 60.4 Å². The van der Waals surface area contributed by atoms with Crippen molar-refractivity contribution in [1.29, 1.82) is 0 Å². The maximum atomic E-state index is 12.9. The molecule has 5 rings (SSSR count). The predicted octanol–water partition coefficient (Wildman–Crippen LogP) is 4.99. The molecule has 0 bridgehead atoms. The summed E-state index contributed by atoms with van der Waals surface area (Å²) in [6, 6.07) is 12.7. The number of nitrogens with zero attached hydrogens (tertiary/aromatic N) is 2. The number of carbonyl (C=O) groups is 2. The van der Waals surface area contributed by atoms with Crippen LogP contribution in [0.3, 0.4) is 0 Å². The topological polar surface area (TPSA) is 124 Å². The number of benzene rings is 2. The molecule has 1 atom stereocenters. The van der Waals surface area contributed by atoms with Gasteiger partial charge in [0, 0.05) is 31.6 Å². The van der Waals surface area contributed by atoms with Crippen LogP contribution in [0.4, 0.5) is 10.5 Å². The Labute approximate surface area is 205 Å². The number of hydrogen-bond donors (Lipinski definition) is 4. The monoisotopic (exact) mass is 477 g/mol. The summed E-state index contributed by atoms with van der Waals surface area (Å²) in [6.07, 6.45) is 4.92. The van der Waals surface area contributed by atoms with Crippen molar-refractivity contribution in [2.75, 3.05) is 5.32 Å². The van der Waals surface area contributed by atoms with E-state index < -0.39 is 5.97 Å². The van der Waals surface area contributed by atoms with Crippen molar-refractivity contribution in [1.82, 2.24) is 14.9 Å². The highest BCUT2D eigenvalue weighted by atomic mass is 16.4. The summed E-state index contributed by atoms with van der Waals surface area (Å²) in [5.74, 6) is 0.721. The number of hydrogen-bond acceptors (Lipinski definition) is 4. The molecule has 2 heterocycles. The van der Waals surface area contributed by atoms with E-state index in [1.807, 2.05) is 23.1 Å². The first-order chi connectivity index (χ1) is 16.8. The van der Waals surface area contributed by atoms with Crippen molar-refractivity contribution in [2.45, 2.75) is 71.5 Å². The van der Waals surface area contributed by atoms with Gasteiger partial charge in [0.1, 0.15) is 5.82 Å². The number of carboxylic acids is 1. The van der Waals surface area contributed by atoms with Crippen LogP contribution in [0.25, 0.3) is 11.0 Å². The Kier molecular flexibility index (Phi) is 7.40. The number of aromatic amines is 1. The van der Waals surface area contributed by atoms with E-state index in [1.165, 1.54) is 11.1 Å². The highest BCUT2D eigenvalue weighted by Gasteiger charge is 2.42. The average molecular weight is 478 g/mol. The molecular weight excluding hydrogens is 442 g/mol. The molecule has 35 heavy (non-hydrogen) atoms. The molecule has 3 aromatic rings. The smallest absolute Gasteiger partial charge is 0.322 e. The Morgan fingerprint density at radius 1 is 1.23 bits per heavy atom. The maximum Gasteiger partial charge on any atom is 0.322 e. The van der Waals surface area contributed by atoms with Crippen LogP contribution < -0.4 is 11.1 Å². The van der Waals surface area contributed by atoms with E-state index in [0.29, 0.717) is 24.9 Å². The summed E-state index contributed by atoms with van der Waals surface area (Å²) in [5.41, 5.74) is 12.6. The summed E-state index contributed by atoms with van der Waals surface area (Å²) in [7, 11) is 0. The number of aryl methyl sites for hydroxylation is 1. The van der Waals surface area contributed by atoms with Gasteiger partial charge < -0.3 is 26.0 Å². The van der Waals surface area contributed by atoms with Gasteiger partial charge in [-0.15, -0.1) is 0 Å². The number of nitrogens with two attached hydrogens (primary N) is 1. The third kappa shape index (κ3) is 5.65. The lowest BCUT2D eigenvalue weighted by Crippen LogP contribution is -2.44. The number of urea groups is 1. The van der Waals surface area contributed by atoms with Gasteiger partial charge in [-0.25, -0.2) is 9.78 Å². The van der Waals surface area contributed by atoms with E-state index in [9.17, 15) is 4.79 Å². The summed E-state index contributed by atoms with van der Waals surface area (Å²) in [4.78, 5) is 32.5. The quantitative estimate of drug-likeness (QED) is 0.381. The summed E-state index contributed by atoms with van der Waals surface area (Å²) in [5, 5.41) is 10.5. The van der Waals surface area contributed by atoms with E-state index in [-0.39, 0.29) is 12.1 Å². The normalized spacial score (nSPS) is 17.1. The molecule has 5 N–H and O–H groups in total. The number of nitrogens with one attached hydrogen (secondary N) is 2. The molecule has 0 saturated heterocycles. The van der Waals surface area contributed by atoms with E-state index in [1.54, 1.807) is 0 Å². The molecule has 1 aliphatic heterocycles. The second-order valence-electron chi connectivity index (χ2n) is 9.81. The van der Waals surface area contributed by atoms with Crippen LogP contribution in [0.1, 0.15) is 68.6 Å². The lowest BCUT2D eigenvalue weighted by atomic mass is 9.97. The van der Waals surface area contributed by atoms with Crippen LogP contribution >= 0.6 is 0 Å². The van der Waals surface area contributed by atoms with Gasteiger partial charge in [0.15, 0.2) is 0 Å². The van der Waals surface area contributed by atoms with Crippen molar-refractivity contribution >= 4 is 28.7 Å². The number of aliphatic carboxylic acids is 1. The number of aromatic nitrogens is 2. The van der Waals surface area contributed by atoms with Gasteiger partial charge in [-0.1, -0.05) is 38.1 Å². The summed E-state index contributed by atoms with van der Waals surface area (Å²) >= 11 is 0. The van der Waals surface area contributed by atoms with Crippen LogP contribution in [0.2, 0.25) is 0 Å². The fourth-order valence-electron chi connectivity index (χ4n) is 4.76. The Morgan fingerprint density at radius 2 is 1.94 bits per heavy atom. The third-order valence-electron chi connectivity index (χ3n) is 6.56. The second kappa shape index (κ2) is 10.5. The Hall–Kier alpha value is -3.39. The minimum Gasteiger partial charge on any atom is -0.481 e. The van der Waals surface area contributed by atoms with Crippen molar-refractivity contribution < 1.29 is 14.7 Å². The molecule has 0 spiro atoms. The zero-order valence-electron chi connectivity index (χ0n) is 20.7. The van der Waals surface area contributed by atoms with Crippen molar-refractivity contribution in [3.63, 3.8) is 0 Å². The molecule has 8 nitrogen and oxygen atoms in total. The van der Waals surface area contributed by atoms with Crippen LogP contribution in [0.15, 0.2) is 36.4 Å². The number of amides is 2. The Morgan fingerprint density at radius 3 is 2.60 bits per heavy atom. The molecule has 2 aromatic carbocycles. The van der Waals surface area contributed by atoms with Gasteiger partial charge in [-0.2, -0.15) is 0 Å². The first-order valence-electron chi connectivity index (χ1n) is 12.4. The van der Waals surface area contributed by atoms with Crippen LogP contribution in [0.5, 0.6) is 0 Å². The fraction of sp³-hybridized carbons (Fsp3) is 0.444. The van der Waals surface area contributed by atoms with E-state index in [4.69, 9.17) is 20.6 Å². The minimum atomic E-state index is -0.833. The standard InChI is InChI=1S/C25H31N5O.C2H4O2/c1-15(2)7-11-18-16(14-26)8-12-21-24(18)29-23(27-21)13-22-19-5-3-4-6-20(19)28-25(31)30(22)17-9-10-17;1-2(3)4/h3-6,8,12,15,17,22H,7,9-11,13-14,26H2,1-2H3,(H,27,29)(H,28,31);1H3,(H,3,4). The molecule has 1 aliphatic carbocycles. The van der Waals surface area contributed by atoms with Gasteiger partial charge in [0.2, 0.25) is 0 Å². The molecule has 0 radical (unpaired) electrons. The zero-order valence-corrected chi connectivity index (χ0v) is 20.7. The van der Waals surface area contributed by atoms with E-state index >= 15 is 0 Å². The molecule has 1 fully saturated rings. The third-order valence-corrected chi connectivity index (χ3v) is 6.56. The number of carbonyl (C=O) groups excluding carboxylic acids is 1. The molecule has 1 saturated carbocycles. The zero-order chi connectivity index (χ0) is 25.1. The average Bonchev–Trinajstić information content (AvgIpc) is 3.55. The number of carboxylic acid groups (broad SMARTS) is 1. The SMILES string of the molecule is CC(=O)O.CC(C)CCc1c(CN)ccc2[nH]c(CC3c4ccccc4NC(=O)N3C3CC3)nc12. The molecule has 2 aliphatic rings. The lowest BCUT2D eigenvalue weighted by molar-refractivity contribution is -0.134. The van der Waals surface area contributed by atoms with Gasteiger partial charge >= 0.3 is 6.03 Å². The Balaban J connectivity index is 0.000000672. The molecule has 8 heteroatoms. The lowest BCUT2D eigenvalue weighted by Gasteiger charge is -2.37. The number of H-pyrrole nitrogens is 1. The molecule has 1 aromatic heterocycles. The minimum absolute atomic E-state index is 0.00496. The van der Waals surface area contributed by atoms with Crippen molar-refractivity contribution in [2.24, 2.45) is 11.7 Å². The fourth-order valence-corrected chi connectivity index (χ4v) is 4.76. The van der Waals surface area contributed by atoms with Gasteiger partial charge in [0.25, 0.3) is 5.97 Å². The largest absolute Gasteiger partial charge is 0.481 e. The number of para-hydroxylation sites is 1. The number of imidazole rings is 1. The van der Waals surface area contributed by atoms with E-state index in [0.717, 1.165) is 60.7 Å². The Bertz CT molecular complexity index is 1210. The number of fused-ring (bicyclic) bond motifs is 2. The highest BCUT2D eigenvalue weighted by molar-refractivity contribution is 5.93. The van der Waals surface area contributed by atoms with Crippen LogP contribution in [0, 0.1) is 5.92 Å². The molecule has 2 amide bonds. The number of anilines is 1. The predicted molar refractivity (Wildman–Crippen MR) is 137 cm³/mol. The molecule has 1 unspecified atom stereocenters. The summed E-state index contributed by atoms with van der Waals surface area (Å²) in [6.45, 7) is 6.10.